The molecule has 2 N–H and O–H groups in total. The molecule has 0 spiro atoms. The number of rotatable bonds is 5. The fourth-order valence-electron chi connectivity index (χ4n) is 2.09. The highest BCUT2D eigenvalue weighted by Gasteiger charge is 2.27. The van der Waals surface area contributed by atoms with Crippen LogP contribution in [0.3, 0.4) is 0 Å². The molecule has 0 aliphatic carbocycles. The Bertz CT molecular complexity index is 559. The third-order valence-corrected chi connectivity index (χ3v) is 3.72. The van der Waals surface area contributed by atoms with Crippen molar-refractivity contribution in [3.8, 4) is 11.5 Å². The van der Waals surface area contributed by atoms with Gasteiger partial charge in [-0.05, 0) is 31.5 Å². The van der Waals surface area contributed by atoms with Gasteiger partial charge in [-0.25, -0.2) is 0 Å². The third kappa shape index (κ3) is 3.00. The Hall–Kier alpha value is -2.08. The van der Waals surface area contributed by atoms with Crippen molar-refractivity contribution < 1.29 is 19.1 Å². The molecule has 0 saturated heterocycles. The van der Waals surface area contributed by atoms with Crippen LogP contribution in [0.15, 0.2) is 18.2 Å². The fourth-order valence-corrected chi connectivity index (χ4v) is 2.09. The lowest BCUT2D eigenvalue weighted by Gasteiger charge is -2.26. The maximum atomic E-state index is 12.5. The van der Waals surface area contributed by atoms with E-state index in [0.717, 1.165) is 0 Å². The summed E-state index contributed by atoms with van der Waals surface area (Å²) >= 11 is 0. The van der Waals surface area contributed by atoms with Gasteiger partial charge in [-0.2, -0.15) is 0 Å². The van der Waals surface area contributed by atoms with Gasteiger partial charge in [0.05, 0.1) is 12.1 Å². The Morgan fingerprint density at radius 3 is 2.67 bits per heavy atom. The Labute approximate surface area is 123 Å². The first-order valence-corrected chi connectivity index (χ1v) is 6.91. The first-order valence-electron chi connectivity index (χ1n) is 6.91. The molecule has 0 saturated carbocycles. The first-order chi connectivity index (χ1) is 9.95. The van der Waals surface area contributed by atoms with Gasteiger partial charge in [0.25, 0.3) is 0 Å². The highest BCUT2D eigenvalue weighted by atomic mass is 16.7. The zero-order valence-electron chi connectivity index (χ0n) is 12.5. The second-order valence-corrected chi connectivity index (χ2v) is 5.07. The summed E-state index contributed by atoms with van der Waals surface area (Å²) in [5.41, 5.74) is 6.21. The van der Waals surface area contributed by atoms with E-state index in [4.69, 9.17) is 15.2 Å². The molecule has 1 aliphatic heterocycles. The summed E-state index contributed by atoms with van der Waals surface area (Å²) in [5.74, 6) is 0.774. The highest BCUT2D eigenvalue weighted by molar-refractivity contribution is 6.02. The molecule has 1 aromatic carbocycles. The number of Topliss-reactive ketones (excluding diaryl/α,β-unsaturated/α-hetero) is 1. The van der Waals surface area contributed by atoms with Crippen LogP contribution >= 0.6 is 0 Å². The number of hydrogen-bond donors (Lipinski definition) is 1. The maximum Gasteiger partial charge on any atom is 0.239 e. The van der Waals surface area contributed by atoms with Crippen molar-refractivity contribution in [1.82, 2.24) is 4.90 Å². The van der Waals surface area contributed by atoms with Crippen molar-refractivity contribution in [2.45, 2.75) is 32.4 Å². The van der Waals surface area contributed by atoms with Crippen LogP contribution in [-0.4, -0.2) is 42.5 Å². The summed E-state index contributed by atoms with van der Waals surface area (Å²) in [7, 11) is 1.59. The Balaban J connectivity index is 2.14. The van der Waals surface area contributed by atoms with Gasteiger partial charge in [0.2, 0.25) is 12.7 Å². The lowest BCUT2D eigenvalue weighted by molar-refractivity contribution is -0.132. The molecule has 114 valence electrons. The van der Waals surface area contributed by atoms with Crippen molar-refractivity contribution >= 4 is 11.7 Å². The SMILES string of the molecule is CC[C@H](N)C(=O)N(C)C(C)C(=O)c1ccc2c(c1)OCO2. The van der Waals surface area contributed by atoms with Gasteiger partial charge in [-0.1, -0.05) is 6.92 Å². The fraction of sp³-hybridized carbons (Fsp3) is 0.467. The minimum absolute atomic E-state index is 0.159. The number of nitrogens with zero attached hydrogens (tertiary/aromatic N) is 1. The number of carbonyl (C=O) groups is 2. The molecule has 2 atom stereocenters. The Morgan fingerprint density at radius 1 is 1.33 bits per heavy atom. The van der Waals surface area contributed by atoms with Crippen molar-refractivity contribution in [1.29, 1.82) is 0 Å². The van der Waals surface area contributed by atoms with Gasteiger partial charge in [0.1, 0.15) is 0 Å². The van der Waals surface area contributed by atoms with Gasteiger partial charge in [0.15, 0.2) is 17.3 Å². The first kappa shape index (κ1) is 15.3. The molecule has 6 nitrogen and oxygen atoms in total. The number of hydrogen-bond acceptors (Lipinski definition) is 5. The summed E-state index contributed by atoms with van der Waals surface area (Å²) in [5, 5.41) is 0. The van der Waals surface area contributed by atoms with Crippen molar-refractivity contribution in [2.24, 2.45) is 5.73 Å². The second kappa shape index (κ2) is 6.13. The zero-order valence-corrected chi connectivity index (χ0v) is 12.5. The van der Waals surface area contributed by atoms with E-state index in [1.54, 1.807) is 32.2 Å². The van der Waals surface area contributed by atoms with Crippen LogP contribution in [0.4, 0.5) is 0 Å². The van der Waals surface area contributed by atoms with E-state index in [1.165, 1.54) is 4.90 Å². The maximum absolute atomic E-state index is 12.5. The van der Waals surface area contributed by atoms with Gasteiger partial charge in [0, 0.05) is 12.6 Å². The minimum atomic E-state index is -0.588. The zero-order chi connectivity index (χ0) is 15.6. The number of benzene rings is 1. The van der Waals surface area contributed by atoms with Gasteiger partial charge in [-0.3, -0.25) is 9.59 Å². The molecular weight excluding hydrogens is 272 g/mol. The highest BCUT2D eigenvalue weighted by Crippen LogP contribution is 2.32. The molecule has 1 amide bonds. The average molecular weight is 292 g/mol. The van der Waals surface area contributed by atoms with E-state index in [0.29, 0.717) is 23.5 Å². The lowest BCUT2D eigenvalue weighted by Crippen LogP contribution is -2.48. The summed E-state index contributed by atoms with van der Waals surface area (Å²) in [6.07, 6.45) is 0.536. The number of ketones is 1. The van der Waals surface area contributed by atoms with E-state index in [9.17, 15) is 9.59 Å². The number of nitrogens with two attached hydrogens (primary N) is 1. The normalized spacial score (nSPS) is 15.4. The van der Waals surface area contributed by atoms with E-state index in [1.807, 2.05) is 6.92 Å². The second-order valence-electron chi connectivity index (χ2n) is 5.07. The number of likely N-dealkylation sites (N-methyl/N-ethyl adjacent to an activating group) is 1. The standard InChI is InChI=1S/C15H20N2O4/c1-4-11(16)15(19)17(3)9(2)14(18)10-5-6-12-13(7-10)21-8-20-12/h5-7,9,11H,4,8,16H2,1-3H3/t9?,11-/m0/s1. The largest absolute Gasteiger partial charge is 0.454 e. The van der Waals surface area contributed by atoms with E-state index < -0.39 is 12.1 Å². The van der Waals surface area contributed by atoms with Gasteiger partial charge >= 0.3 is 0 Å². The lowest BCUT2D eigenvalue weighted by atomic mass is 10.0. The van der Waals surface area contributed by atoms with Gasteiger partial charge in [-0.15, -0.1) is 0 Å². The number of amides is 1. The quantitative estimate of drug-likeness (QED) is 0.824. The van der Waals surface area contributed by atoms with Crippen molar-refractivity contribution in [3.05, 3.63) is 23.8 Å². The molecule has 1 aromatic rings. The molecule has 1 aliphatic rings. The predicted molar refractivity (Wildman–Crippen MR) is 77.4 cm³/mol. The number of fused-ring (bicyclic) bond motifs is 1. The molecule has 6 heteroatoms. The van der Waals surface area contributed by atoms with E-state index in [2.05, 4.69) is 0 Å². The monoisotopic (exact) mass is 292 g/mol. The summed E-state index contributed by atoms with van der Waals surface area (Å²) in [6, 6.07) is 3.84. The molecule has 0 fully saturated rings. The summed E-state index contributed by atoms with van der Waals surface area (Å²) in [6.45, 7) is 3.68. The van der Waals surface area contributed by atoms with Crippen LogP contribution in [0.25, 0.3) is 0 Å². The van der Waals surface area contributed by atoms with Gasteiger partial charge < -0.3 is 20.1 Å². The van der Waals surface area contributed by atoms with Crippen LogP contribution in [0, 0.1) is 0 Å². The summed E-state index contributed by atoms with van der Waals surface area (Å²) in [4.78, 5) is 25.9. The molecule has 21 heavy (non-hydrogen) atoms. The molecule has 1 unspecified atom stereocenters. The van der Waals surface area contributed by atoms with Crippen LogP contribution < -0.4 is 15.2 Å². The van der Waals surface area contributed by atoms with E-state index >= 15 is 0 Å². The number of carbonyl (C=O) groups excluding carboxylic acids is 2. The van der Waals surface area contributed by atoms with Crippen LogP contribution in [0.1, 0.15) is 30.6 Å². The van der Waals surface area contributed by atoms with E-state index in [-0.39, 0.29) is 18.5 Å². The predicted octanol–water partition coefficient (Wildman–Crippen LogP) is 1.18. The minimum Gasteiger partial charge on any atom is -0.454 e. The molecule has 0 radical (unpaired) electrons. The Morgan fingerprint density at radius 2 is 2.00 bits per heavy atom. The smallest absolute Gasteiger partial charge is 0.239 e. The third-order valence-electron chi connectivity index (χ3n) is 3.72. The summed E-state index contributed by atoms with van der Waals surface area (Å²) < 4.78 is 10.5. The molecular formula is C15H20N2O4. The Kier molecular flexibility index (Phi) is 4.47. The van der Waals surface area contributed by atoms with Crippen LogP contribution in [0.2, 0.25) is 0 Å². The van der Waals surface area contributed by atoms with Crippen LogP contribution in [-0.2, 0) is 4.79 Å². The van der Waals surface area contributed by atoms with Crippen molar-refractivity contribution in [3.63, 3.8) is 0 Å². The molecule has 1 heterocycles. The van der Waals surface area contributed by atoms with Crippen LogP contribution in [0.5, 0.6) is 11.5 Å². The molecule has 2 rings (SSSR count). The molecule has 0 bridgehead atoms. The molecule has 0 aromatic heterocycles. The number of ether oxygens (including phenoxy) is 2. The van der Waals surface area contributed by atoms with Crippen molar-refractivity contribution in [2.75, 3.05) is 13.8 Å². The average Bonchev–Trinajstić information content (AvgIpc) is 2.98. The topological polar surface area (TPSA) is 81.9 Å².